The molecule has 4 aromatic rings. The standard InChI is InChI=1S/C31H29ClF3NO6/c1-5-14-30(3,29(38)39)42-26-15-19(6-13-24(26)32)17-36-18(2)27(28(37)20-7-9-21(40-4)10-8-20)23-12-11-22(16-25(23)36)41-31(33,34)35/h6-13,15-16H,5,14,17H2,1-4H3,(H,38,39). The third-order valence-corrected chi connectivity index (χ3v) is 7.27. The predicted molar refractivity (Wildman–Crippen MR) is 152 cm³/mol. The molecule has 1 aromatic heterocycles. The molecule has 0 fully saturated rings. The highest BCUT2D eigenvalue weighted by Gasteiger charge is 2.35. The molecule has 0 aliphatic carbocycles. The van der Waals surface area contributed by atoms with Crippen molar-refractivity contribution in [2.24, 2.45) is 0 Å². The van der Waals surface area contributed by atoms with Crippen LogP contribution in [0.2, 0.25) is 5.02 Å². The van der Waals surface area contributed by atoms with Gasteiger partial charge >= 0.3 is 12.3 Å². The van der Waals surface area contributed by atoms with Gasteiger partial charge < -0.3 is 23.9 Å². The molecule has 0 saturated heterocycles. The number of nitrogens with zero attached hydrogens (tertiary/aromatic N) is 1. The van der Waals surface area contributed by atoms with E-state index in [1.54, 1.807) is 54.0 Å². The Balaban J connectivity index is 1.82. The summed E-state index contributed by atoms with van der Waals surface area (Å²) in [5, 5.41) is 10.4. The number of rotatable bonds is 11. The van der Waals surface area contributed by atoms with E-state index in [1.165, 1.54) is 32.2 Å². The van der Waals surface area contributed by atoms with E-state index in [0.717, 1.165) is 0 Å². The van der Waals surface area contributed by atoms with Gasteiger partial charge in [0.15, 0.2) is 5.78 Å². The van der Waals surface area contributed by atoms with E-state index in [2.05, 4.69) is 4.74 Å². The van der Waals surface area contributed by atoms with Crippen LogP contribution in [0.15, 0.2) is 60.7 Å². The lowest BCUT2D eigenvalue weighted by Gasteiger charge is -2.26. The van der Waals surface area contributed by atoms with Gasteiger partial charge in [0.25, 0.3) is 0 Å². The Kier molecular flexibility index (Phi) is 8.77. The highest BCUT2D eigenvalue weighted by molar-refractivity contribution is 6.32. The lowest BCUT2D eigenvalue weighted by molar-refractivity contribution is -0.274. The molecule has 0 aliphatic heterocycles. The summed E-state index contributed by atoms with van der Waals surface area (Å²) in [5.74, 6) is -1.18. The van der Waals surface area contributed by atoms with Gasteiger partial charge in [-0.2, -0.15) is 0 Å². The van der Waals surface area contributed by atoms with E-state index >= 15 is 0 Å². The third kappa shape index (κ3) is 6.49. The van der Waals surface area contributed by atoms with E-state index in [9.17, 15) is 27.9 Å². The second-order valence-corrected chi connectivity index (χ2v) is 10.4. The number of ketones is 1. The van der Waals surface area contributed by atoms with Gasteiger partial charge in [0, 0.05) is 29.3 Å². The normalized spacial score (nSPS) is 13.0. The summed E-state index contributed by atoms with van der Waals surface area (Å²) in [6.07, 6.45) is -4.11. The largest absolute Gasteiger partial charge is 0.573 e. The summed E-state index contributed by atoms with van der Waals surface area (Å²) in [5.41, 5.74) is 0.637. The topological polar surface area (TPSA) is 87.0 Å². The van der Waals surface area contributed by atoms with Crippen molar-refractivity contribution in [3.8, 4) is 17.2 Å². The Morgan fingerprint density at radius 3 is 2.24 bits per heavy atom. The molecule has 42 heavy (non-hydrogen) atoms. The summed E-state index contributed by atoms with van der Waals surface area (Å²) < 4.78 is 56.1. The molecule has 1 unspecified atom stereocenters. The number of aliphatic carboxylic acids is 1. The van der Waals surface area contributed by atoms with Gasteiger partial charge in [-0.25, -0.2) is 4.79 Å². The van der Waals surface area contributed by atoms with Crippen LogP contribution >= 0.6 is 11.6 Å². The number of carboxylic acids is 1. The second kappa shape index (κ2) is 12.0. The number of methoxy groups -OCH3 is 1. The number of halogens is 4. The van der Waals surface area contributed by atoms with Crippen molar-refractivity contribution >= 4 is 34.3 Å². The SMILES string of the molecule is CCCC(C)(Oc1cc(Cn2c(C)c(C(=O)c3ccc(OC)cc3)c3ccc(OC(F)(F)F)cc32)ccc1Cl)C(=O)O. The minimum Gasteiger partial charge on any atom is -0.497 e. The van der Waals surface area contributed by atoms with Gasteiger partial charge in [0.1, 0.15) is 17.2 Å². The third-order valence-electron chi connectivity index (χ3n) is 6.96. The molecule has 1 N–H and O–H groups in total. The number of fused-ring (bicyclic) bond motifs is 1. The van der Waals surface area contributed by atoms with E-state index in [-0.39, 0.29) is 29.5 Å². The van der Waals surface area contributed by atoms with Crippen molar-refractivity contribution in [1.82, 2.24) is 4.57 Å². The summed E-state index contributed by atoms with van der Waals surface area (Å²) >= 11 is 6.35. The van der Waals surface area contributed by atoms with Crippen LogP contribution in [-0.2, 0) is 11.3 Å². The summed E-state index contributed by atoms with van der Waals surface area (Å²) in [7, 11) is 1.51. The molecule has 0 bridgehead atoms. The maximum atomic E-state index is 13.7. The average Bonchev–Trinajstić information content (AvgIpc) is 3.19. The lowest BCUT2D eigenvalue weighted by Crippen LogP contribution is -2.41. The van der Waals surface area contributed by atoms with Gasteiger partial charge in [0.05, 0.1) is 23.2 Å². The molecular weight excluding hydrogens is 575 g/mol. The van der Waals surface area contributed by atoms with Crippen LogP contribution < -0.4 is 14.2 Å². The Morgan fingerprint density at radius 1 is 0.976 bits per heavy atom. The number of hydrogen-bond acceptors (Lipinski definition) is 5. The van der Waals surface area contributed by atoms with Crippen molar-refractivity contribution in [2.45, 2.75) is 52.1 Å². The number of carboxylic acid groups (broad SMARTS) is 1. The molecule has 4 rings (SSSR count). The van der Waals surface area contributed by atoms with Gasteiger partial charge in [-0.3, -0.25) is 4.79 Å². The summed E-state index contributed by atoms with van der Waals surface area (Å²) in [4.78, 5) is 25.6. The van der Waals surface area contributed by atoms with Crippen LogP contribution in [0.1, 0.15) is 53.9 Å². The lowest BCUT2D eigenvalue weighted by atomic mass is 10.0. The van der Waals surface area contributed by atoms with Crippen LogP contribution in [0.3, 0.4) is 0 Å². The fourth-order valence-electron chi connectivity index (χ4n) is 4.86. The number of benzene rings is 3. The molecule has 3 aromatic carbocycles. The first-order valence-corrected chi connectivity index (χ1v) is 13.4. The highest BCUT2D eigenvalue weighted by Crippen LogP contribution is 2.35. The molecule has 0 amide bonds. The minimum atomic E-state index is -4.90. The molecule has 0 radical (unpaired) electrons. The van der Waals surface area contributed by atoms with Gasteiger partial charge in [-0.1, -0.05) is 31.0 Å². The Bertz CT molecular complexity index is 1630. The van der Waals surface area contributed by atoms with Crippen LogP contribution in [0.4, 0.5) is 13.2 Å². The monoisotopic (exact) mass is 603 g/mol. The maximum absolute atomic E-state index is 13.7. The zero-order chi connectivity index (χ0) is 30.8. The molecule has 7 nitrogen and oxygen atoms in total. The first-order valence-electron chi connectivity index (χ1n) is 13.0. The molecule has 1 atom stereocenters. The van der Waals surface area contributed by atoms with Crippen LogP contribution in [0.5, 0.6) is 17.2 Å². The molecule has 0 spiro atoms. The second-order valence-electron chi connectivity index (χ2n) is 9.98. The fourth-order valence-corrected chi connectivity index (χ4v) is 5.02. The van der Waals surface area contributed by atoms with Gasteiger partial charge in [-0.05, 0) is 74.4 Å². The molecule has 11 heteroatoms. The number of hydrogen-bond donors (Lipinski definition) is 1. The number of ether oxygens (including phenoxy) is 3. The van der Waals surface area contributed by atoms with E-state index in [4.69, 9.17) is 21.1 Å². The zero-order valence-electron chi connectivity index (χ0n) is 23.3. The van der Waals surface area contributed by atoms with Crippen molar-refractivity contribution < 1.29 is 42.1 Å². The first-order chi connectivity index (χ1) is 19.8. The molecule has 0 aliphatic rings. The van der Waals surface area contributed by atoms with E-state index in [1.807, 2.05) is 6.92 Å². The van der Waals surface area contributed by atoms with Crippen LogP contribution in [0, 0.1) is 6.92 Å². The predicted octanol–water partition coefficient (Wildman–Crippen LogP) is 7.81. The van der Waals surface area contributed by atoms with Gasteiger partial charge in [-0.15, -0.1) is 13.2 Å². The number of alkyl halides is 3. The van der Waals surface area contributed by atoms with E-state index in [0.29, 0.717) is 45.5 Å². The Hall–Kier alpha value is -4.18. The smallest absolute Gasteiger partial charge is 0.497 e. The van der Waals surface area contributed by atoms with Crippen molar-refractivity contribution in [3.05, 3.63) is 88.1 Å². The number of carbonyl (C=O) groups is 2. The molecule has 0 saturated carbocycles. The first kappa shape index (κ1) is 30.8. The zero-order valence-corrected chi connectivity index (χ0v) is 24.1. The van der Waals surface area contributed by atoms with Crippen LogP contribution in [0.25, 0.3) is 10.9 Å². The average molecular weight is 604 g/mol. The van der Waals surface area contributed by atoms with Crippen molar-refractivity contribution in [2.75, 3.05) is 7.11 Å². The highest BCUT2D eigenvalue weighted by atomic mass is 35.5. The Labute approximate surface area is 245 Å². The van der Waals surface area contributed by atoms with E-state index < -0.39 is 23.7 Å². The Morgan fingerprint density at radius 2 is 1.64 bits per heavy atom. The molecule has 222 valence electrons. The summed E-state index contributed by atoms with van der Waals surface area (Å²) in [6, 6.07) is 15.2. The maximum Gasteiger partial charge on any atom is 0.573 e. The van der Waals surface area contributed by atoms with Crippen molar-refractivity contribution in [3.63, 3.8) is 0 Å². The molecule has 1 heterocycles. The summed E-state index contributed by atoms with van der Waals surface area (Å²) in [6.45, 7) is 5.12. The van der Waals surface area contributed by atoms with Crippen molar-refractivity contribution in [1.29, 1.82) is 0 Å². The number of aromatic nitrogens is 1. The number of carbonyl (C=O) groups excluding carboxylic acids is 1. The quantitative estimate of drug-likeness (QED) is 0.176. The molecular formula is C31H29ClF3NO6. The minimum absolute atomic E-state index is 0.110. The van der Waals surface area contributed by atoms with Crippen LogP contribution in [-0.4, -0.2) is 40.5 Å². The van der Waals surface area contributed by atoms with Gasteiger partial charge in [0.2, 0.25) is 5.60 Å². The fraction of sp³-hybridized carbons (Fsp3) is 0.290.